The van der Waals surface area contributed by atoms with E-state index in [-0.39, 0.29) is 74.5 Å². The second-order valence-electron chi connectivity index (χ2n) is 43.7. The average molecular weight is 2050 g/mol. The molecule has 5 aromatic rings. The highest BCUT2D eigenvalue weighted by atomic mass is 16.6. The molecule has 7 N–H and O–H groups in total. The van der Waals surface area contributed by atoms with Gasteiger partial charge in [0, 0.05) is 184 Å². The van der Waals surface area contributed by atoms with Crippen molar-refractivity contribution in [3.05, 3.63) is 178 Å². The van der Waals surface area contributed by atoms with Crippen LogP contribution in [0.2, 0.25) is 0 Å². The van der Waals surface area contributed by atoms with Crippen molar-refractivity contribution in [2.75, 3.05) is 151 Å². The number of hydrogen-bond donors (Lipinski definition) is 6. The summed E-state index contributed by atoms with van der Waals surface area (Å²) in [5.74, 6) is -3.19. The van der Waals surface area contributed by atoms with Gasteiger partial charge in [-0.15, -0.1) is 0 Å². The Morgan fingerprint density at radius 2 is 0.635 bits per heavy atom. The van der Waals surface area contributed by atoms with Crippen LogP contribution in [0.5, 0.6) is 0 Å². The Kier molecular flexibility index (Phi) is 36.5. The van der Waals surface area contributed by atoms with Gasteiger partial charge in [0.05, 0.1) is 50.9 Å². The molecule has 5 aromatic carbocycles. The molecule has 800 valence electrons. The molecule has 17 rings (SSSR count). The first kappa shape index (κ1) is 113. The molecule has 6 spiro atoms. The minimum absolute atomic E-state index is 0.0364. The number of carbonyl (C=O) groups is 14. The van der Waals surface area contributed by atoms with Crippen LogP contribution in [0, 0.1) is 22.1 Å². The van der Waals surface area contributed by atoms with Crippen LogP contribution in [-0.2, 0) is 84.4 Å². The highest BCUT2D eigenvalue weighted by Crippen LogP contribution is 2.40. The van der Waals surface area contributed by atoms with E-state index in [9.17, 15) is 67.1 Å². The molecule has 12 fully saturated rings. The third-order valence-corrected chi connectivity index (χ3v) is 27.1. The Morgan fingerprint density at radius 3 is 0.899 bits per heavy atom. The van der Waals surface area contributed by atoms with Crippen molar-refractivity contribution >= 4 is 95.7 Å². The number of nitrogens with two attached hydrogens (primary N) is 1. The molecule has 0 saturated carbocycles. The molecule has 41 nitrogen and oxygen atoms in total. The van der Waals surface area contributed by atoms with Crippen LogP contribution in [0.15, 0.2) is 133 Å². The largest absolute Gasteiger partial charge is 0.480 e. The number of carboxylic acid groups (broad SMARTS) is 1. The first-order valence-electron chi connectivity index (χ1n) is 50.4. The fraction of sp³-hybridized carbons (Fsp3) is 0.561. The number of piperidine rings is 6. The third kappa shape index (κ3) is 32.3. The van der Waals surface area contributed by atoms with Crippen molar-refractivity contribution in [2.45, 2.75) is 236 Å². The standard InChI is InChI=1S/C22H29N3O5.C21H25N3O5.C20H28N2O4.C17H20N4O5.C14H18N2O2.C13H22N2O4/c1-15(23)16-5-7-17(8-6-16)19(27)24-11-9-22(10-12-24)14-25(20(28)30-22)13-18(26)29-21(2,3)4;1-20(2,3)28-17(25)13-24-14-21(29-19(24)27)8-10-23(11-9-21)18(26)16-6-4-15(12-22)5-7-16;1-19(2,3)25-17(23)14-22-15-20(26-18(22)24)9-11-21(12-10-20)13-16-7-5-4-6-8-16;18-14(19)11-1-3-12(4-2-11)15(24)20-7-5-17(6-8-20)10-21(9-13(22)23)16(25)26-17;17-13-15-11-14(18-13)6-8-16(9-7-14)10-12-4-2-1-3-5-12;1-12(2,3)18-10(16)8-15-9-13(19-11(15)17)4-6-14-7-5-13/h5-8,23H,9-14H2,1-4H3;4-7H,8-11,13-14H2,1-3H3;4-8H,9-15H2,1-3H3;1-4H,5-10H2,(H3,18,19)(H,22,23);1-5H,6-11H2,(H,15,17);14H,4-9H2,1-3H3. The number of amidine groups is 1. The zero-order chi connectivity index (χ0) is 108. The lowest BCUT2D eigenvalue weighted by Crippen LogP contribution is -2.49. The highest BCUT2D eigenvalue weighted by Gasteiger charge is 2.54. The van der Waals surface area contributed by atoms with Crippen molar-refractivity contribution in [2.24, 2.45) is 5.73 Å². The summed E-state index contributed by atoms with van der Waals surface area (Å²) < 4.78 is 54.3. The van der Waals surface area contributed by atoms with Gasteiger partial charge in [-0.1, -0.05) is 84.9 Å². The minimum Gasteiger partial charge on any atom is -0.480 e. The van der Waals surface area contributed by atoms with Gasteiger partial charge in [0.15, 0.2) is 0 Å². The summed E-state index contributed by atoms with van der Waals surface area (Å²) >= 11 is 0. The van der Waals surface area contributed by atoms with Crippen LogP contribution < -0.4 is 16.4 Å². The SMILES string of the molecule is CC(=N)c1ccc(C(=O)N2CCC3(CC2)CN(CC(=O)OC(C)(C)C)C(=O)O3)cc1.CC(C)(C)OC(=O)CN1CC2(CCN(C(=O)c3ccc(C#N)cc3)CC2)OC1=O.CC(C)(C)OC(=O)CN1CC2(CCN(Cc3ccccc3)CC2)OC1=O.CC(C)(C)OC(=O)CN1CC2(CCNCC2)OC1=O.N=C(N)c1ccc(C(=O)N2CCC3(CC2)CN(CC(=O)O)C(=O)O3)cc1.O=C1NCC2(CCN(Cc3ccccc3)CC2)O1. The number of nitrogen functional groups attached to an aromatic ring is 1. The van der Waals surface area contributed by atoms with E-state index in [0.29, 0.717) is 144 Å². The van der Waals surface area contributed by atoms with E-state index in [1.165, 1.54) is 35.6 Å². The highest BCUT2D eigenvalue weighted by molar-refractivity contribution is 6.00. The fourth-order valence-electron chi connectivity index (χ4n) is 19.5. The average Bonchev–Trinajstić information content (AvgIpc) is 1.65. The van der Waals surface area contributed by atoms with Gasteiger partial charge in [-0.25, -0.2) is 28.8 Å². The number of carboxylic acids is 1. The summed E-state index contributed by atoms with van der Waals surface area (Å²) in [6, 6.07) is 43.0. The number of carbonyl (C=O) groups excluding carboxylic acids is 13. The Balaban J connectivity index is 0.000000159. The third-order valence-electron chi connectivity index (χ3n) is 27.1. The molecule has 0 bridgehead atoms. The molecule has 12 saturated heterocycles. The number of nitriles is 1. The maximum absolute atomic E-state index is 12.8. The summed E-state index contributed by atoms with van der Waals surface area (Å²) in [6.07, 6.45) is 5.27. The van der Waals surface area contributed by atoms with Crippen molar-refractivity contribution in [3.63, 3.8) is 0 Å². The second kappa shape index (κ2) is 47.9. The molecule has 0 unspecified atom stereocenters. The molecular formula is C107H142N16O25. The smallest absolute Gasteiger partial charge is 0.411 e. The number of ether oxygens (including phenoxy) is 10. The molecule has 0 aliphatic carbocycles. The van der Waals surface area contributed by atoms with E-state index in [1.54, 1.807) is 136 Å². The zero-order valence-electron chi connectivity index (χ0n) is 87.1. The fourth-order valence-corrected chi connectivity index (χ4v) is 19.5. The van der Waals surface area contributed by atoms with Crippen molar-refractivity contribution in [1.82, 2.24) is 59.6 Å². The number of nitrogens with zero attached hydrogens (tertiary/aromatic N) is 11. The number of likely N-dealkylation sites (tertiary alicyclic amines) is 5. The number of amides is 9. The van der Waals surface area contributed by atoms with Gasteiger partial charge in [-0.05, 0) is 168 Å². The lowest BCUT2D eigenvalue weighted by atomic mass is 9.91. The van der Waals surface area contributed by atoms with Gasteiger partial charge in [0.2, 0.25) is 0 Å². The summed E-state index contributed by atoms with van der Waals surface area (Å²) in [7, 11) is 0. The molecule has 0 atom stereocenters. The van der Waals surface area contributed by atoms with E-state index in [1.807, 2.05) is 71.9 Å². The molecule has 0 aromatic heterocycles. The van der Waals surface area contributed by atoms with Crippen molar-refractivity contribution < 1.29 is 120 Å². The number of alkyl carbamates (subject to hydrolysis) is 1. The number of benzene rings is 5. The predicted molar refractivity (Wildman–Crippen MR) is 539 cm³/mol. The van der Waals surface area contributed by atoms with E-state index in [0.717, 1.165) is 96.4 Å². The van der Waals surface area contributed by atoms with Crippen molar-refractivity contribution in [3.8, 4) is 6.07 Å². The Hall–Kier alpha value is -14.0. The summed E-state index contributed by atoms with van der Waals surface area (Å²) in [5, 5.41) is 38.7. The van der Waals surface area contributed by atoms with E-state index < -0.39 is 111 Å². The van der Waals surface area contributed by atoms with Crippen molar-refractivity contribution in [1.29, 1.82) is 16.1 Å². The van der Waals surface area contributed by atoms with Gasteiger partial charge in [-0.2, -0.15) is 5.26 Å². The van der Waals surface area contributed by atoms with Gasteiger partial charge in [-0.3, -0.25) is 78.1 Å². The number of aliphatic carboxylic acids is 1. The van der Waals surface area contributed by atoms with Crippen LogP contribution in [0.1, 0.15) is 226 Å². The Labute approximate surface area is 863 Å². The monoisotopic (exact) mass is 2050 g/mol. The summed E-state index contributed by atoms with van der Waals surface area (Å²) in [6.45, 7) is 34.9. The normalized spacial score (nSPS) is 19.8. The molecule has 0 radical (unpaired) electrons. The number of nitrogens with one attached hydrogen (secondary N) is 4. The Morgan fingerprint density at radius 1 is 0.372 bits per heavy atom. The molecule has 148 heavy (non-hydrogen) atoms. The van der Waals surface area contributed by atoms with Gasteiger partial charge in [0.1, 0.15) is 94.6 Å². The first-order chi connectivity index (χ1) is 69.7. The van der Waals surface area contributed by atoms with Gasteiger partial charge >= 0.3 is 66.4 Å². The molecule has 12 aliphatic rings. The van der Waals surface area contributed by atoms with Gasteiger partial charge in [0.25, 0.3) is 17.7 Å². The lowest BCUT2D eigenvalue weighted by molar-refractivity contribution is -0.156. The zero-order valence-corrected chi connectivity index (χ0v) is 87.1. The second-order valence-corrected chi connectivity index (χ2v) is 43.7. The maximum Gasteiger partial charge on any atom is 0.411 e. The van der Waals surface area contributed by atoms with Crippen LogP contribution >= 0.6 is 0 Å². The molecule has 9 amide bonds. The summed E-state index contributed by atoms with van der Waals surface area (Å²) in [4.78, 5) is 185. The molecule has 12 heterocycles. The topological polar surface area (TPSA) is 505 Å². The van der Waals surface area contributed by atoms with Crippen LogP contribution in [0.3, 0.4) is 0 Å². The number of esters is 4. The number of rotatable bonds is 19. The summed E-state index contributed by atoms with van der Waals surface area (Å²) in [5.41, 5.74) is 6.43. The predicted octanol–water partition coefficient (Wildman–Crippen LogP) is 11.1. The maximum atomic E-state index is 12.8. The number of hydrogen-bond acceptors (Lipinski definition) is 30. The van der Waals surface area contributed by atoms with E-state index >= 15 is 0 Å². The minimum atomic E-state index is -1.08. The first-order valence-corrected chi connectivity index (χ1v) is 50.4. The molecular weight excluding hydrogens is 1910 g/mol. The van der Waals surface area contributed by atoms with E-state index in [4.69, 9.17) is 74.3 Å². The quantitative estimate of drug-likeness (QED) is 0.0193. The van der Waals surface area contributed by atoms with Crippen LogP contribution in [0.25, 0.3) is 0 Å². The van der Waals surface area contributed by atoms with Gasteiger partial charge < -0.3 is 89.0 Å². The molecule has 41 heteroatoms. The lowest BCUT2D eigenvalue weighted by Gasteiger charge is -2.37. The molecule has 12 aliphatic heterocycles. The van der Waals surface area contributed by atoms with Crippen LogP contribution in [0.4, 0.5) is 28.8 Å². The van der Waals surface area contributed by atoms with E-state index in [2.05, 4.69) is 56.8 Å². The van der Waals surface area contributed by atoms with Crippen LogP contribution in [-0.4, -0.2) is 356 Å². The Bertz CT molecular complexity index is 5630.